The van der Waals surface area contributed by atoms with Crippen LogP contribution < -0.4 is 0 Å². The van der Waals surface area contributed by atoms with Gasteiger partial charge in [0.15, 0.2) is 0 Å². The zero-order chi connectivity index (χ0) is 14.0. The summed E-state index contributed by atoms with van der Waals surface area (Å²) in [6.07, 6.45) is -9.93. The Labute approximate surface area is 101 Å². The molecule has 0 radical (unpaired) electrons. The Morgan fingerprint density at radius 1 is 1.00 bits per heavy atom. The lowest BCUT2D eigenvalue weighted by Crippen LogP contribution is -2.09. The van der Waals surface area contributed by atoms with E-state index < -0.39 is 24.3 Å². The summed E-state index contributed by atoms with van der Waals surface area (Å²) in [4.78, 5) is 0. The molecule has 18 heavy (non-hydrogen) atoms. The lowest BCUT2D eigenvalue weighted by Gasteiger charge is -2.12. The van der Waals surface area contributed by atoms with E-state index >= 15 is 0 Å². The Hall–Kier alpha value is -1.20. The van der Waals surface area contributed by atoms with E-state index in [4.69, 9.17) is 0 Å². The van der Waals surface area contributed by atoms with Gasteiger partial charge < -0.3 is 0 Å². The van der Waals surface area contributed by atoms with E-state index in [0.717, 1.165) is 6.07 Å². The molecule has 0 saturated heterocycles. The van der Waals surface area contributed by atoms with Crippen LogP contribution in [-0.2, 0) is 12.6 Å². The maximum Gasteiger partial charge on any atom is 0.416 e. The third-order valence-corrected chi connectivity index (χ3v) is 2.53. The van der Waals surface area contributed by atoms with Gasteiger partial charge in [-0.3, -0.25) is 0 Å². The van der Waals surface area contributed by atoms with E-state index in [9.17, 15) is 26.3 Å². The Balaban J connectivity index is 2.74. The van der Waals surface area contributed by atoms with E-state index in [1.165, 1.54) is 19.1 Å². The van der Waals surface area contributed by atoms with Crippen LogP contribution in [0.4, 0.5) is 26.3 Å². The molecule has 0 aliphatic carbocycles. The molecule has 1 aromatic carbocycles. The summed E-state index contributed by atoms with van der Waals surface area (Å²) in [7, 11) is 0. The van der Waals surface area contributed by atoms with Crippen LogP contribution in [0.25, 0.3) is 0 Å². The van der Waals surface area contributed by atoms with E-state index in [2.05, 4.69) is 0 Å². The average molecular weight is 270 g/mol. The molecule has 0 N–H and O–H groups in total. The molecule has 0 aliphatic rings. The van der Waals surface area contributed by atoms with Gasteiger partial charge in [-0.1, -0.05) is 12.1 Å². The molecule has 0 saturated carbocycles. The smallest absolute Gasteiger partial charge is 0.171 e. The molecule has 0 heterocycles. The van der Waals surface area contributed by atoms with Crippen molar-refractivity contribution in [1.82, 2.24) is 0 Å². The van der Waals surface area contributed by atoms with Gasteiger partial charge in [0.2, 0.25) is 0 Å². The number of benzene rings is 1. The van der Waals surface area contributed by atoms with Crippen molar-refractivity contribution in [3.05, 3.63) is 34.9 Å². The Morgan fingerprint density at radius 3 is 2.11 bits per heavy atom. The zero-order valence-electron chi connectivity index (χ0n) is 9.62. The monoisotopic (exact) mass is 270 g/mol. The molecule has 0 nitrogen and oxygen atoms in total. The highest BCUT2D eigenvalue weighted by molar-refractivity contribution is 5.33. The van der Waals surface area contributed by atoms with Crippen LogP contribution in [0.2, 0.25) is 0 Å². The molecule has 0 spiro atoms. The summed E-state index contributed by atoms with van der Waals surface area (Å²) in [6.45, 7) is 1.32. The normalized spacial score (nSPS) is 12.8. The number of hydrogen-bond acceptors (Lipinski definition) is 0. The second kappa shape index (κ2) is 5.20. The van der Waals surface area contributed by atoms with Gasteiger partial charge in [0.25, 0.3) is 0 Å². The van der Waals surface area contributed by atoms with Crippen molar-refractivity contribution in [3.8, 4) is 0 Å². The van der Waals surface area contributed by atoms with Gasteiger partial charge in [-0.25, -0.2) is 0 Å². The van der Waals surface area contributed by atoms with Gasteiger partial charge in [0.1, 0.15) is 0 Å². The summed E-state index contributed by atoms with van der Waals surface area (Å²) in [6, 6.07) is 3.64. The van der Waals surface area contributed by atoms with E-state index in [1.807, 2.05) is 0 Å². The fraction of sp³-hybridized carbons (Fsp3) is 0.500. The molecule has 0 aromatic heterocycles. The third kappa shape index (κ3) is 4.58. The zero-order valence-corrected chi connectivity index (χ0v) is 9.62. The maximum absolute atomic E-state index is 12.6. The Morgan fingerprint density at radius 2 is 1.61 bits per heavy atom. The van der Waals surface area contributed by atoms with Crippen LogP contribution in [0.15, 0.2) is 18.2 Å². The van der Waals surface area contributed by atoms with Crippen LogP contribution in [0, 0.1) is 6.92 Å². The average Bonchev–Trinajstić information content (AvgIpc) is 2.17. The predicted octanol–water partition coefficient (Wildman–Crippen LogP) is 4.90. The molecule has 0 bridgehead atoms. The molecule has 0 fully saturated rings. The first-order chi connectivity index (χ1) is 8.09. The second-order valence-electron chi connectivity index (χ2n) is 4.12. The maximum atomic E-state index is 12.6. The molecule has 1 aromatic rings. The number of hydrogen-bond donors (Lipinski definition) is 0. The summed E-state index contributed by atoms with van der Waals surface area (Å²) in [5.74, 6) is 0. The highest BCUT2D eigenvalue weighted by atomic mass is 19.4. The molecule has 1 rings (SSSR count). The quantitative estimate of drug-likeness (QED) is 0.685. The fourth-order valence-corrected chi connectivity index (χ4v) is 1.62. The first-order valence-electron chi connectivity index (χ1n) is 5.33. The van der Waals surface area contributed by atoms with Crippen LogP contribution in [0.1, 0.15) is 29.5 Å². The first kappa shape index (κ1) is 14.9. The summed E-state index contributed by atoms with van der Waals surface area (Å²) in [5.41, 5.74) is -0.439. The molecular formula is C12H12F6. The van der Waals surface area contributed by atoms with Crippen molar-refractivity contribution in [2.45, 2.75) is 38.5 Å². The van der Waals surface area contributed by atoms with E-state index in [-0.39, 0.29) is 24.0 Å². The molecule has 0 amide bonds. The van der Waals surface area contributed by atoms with Gasteiger partial charge in [-0.05, 0) is 37.0 Å². The highest BCUT2D eigenvalue weighted by Gasteiger charge is 2.32. The summed E-state index contributed by atoms with van der Waals surface area (Å²) < 4.78 is 73.4. The molecule has 0 unspecified atom stereocenters. The van der Waals surface area contributed by atoms with Crippen molar-refractivity contribution < 1.29 is 26.3 Å². The lowest BCUT2D eigenvalue weighted by molar-refractivity contribution is -0.138. The van der Waals surface area contributed by atoms with Gasteiger partial charge in [0.05, 0.1) is 5.56 Å². The molecule has 102 valence electrons. The Bertz CT molecular complexity index is 402. The minimum absolute atomic E-state index is 0.0110. The number of halogens is 6. The van der Waals surface area contributed by atoms with Crippen LogP contribution in [0.3, 0.4) is 0 Å². The molecule has 6 heteroatoms. The Kier molecular flexibility index (Phi) is 4.29. The van der Waals surface area contributed by atoms with Crippen molar-refractivity contribution >= 4 is 0 Å². The highest BCUT2D eigenvalue weighted by Crippen LogP contribution is 2.32. The van der Waals surface area contributed by atoms with E-state index in [1.54, 1.807) is 0 Å². The van der Waals surface area contributed by atoms with Crippen molar-refractivity contribution in [2.75, 3.05) is 0 Å². The van der Waals surface area contributed by atoms with Gasteiger partial charge in [0, 0.05) is 6.42 Å². The first-order valence-corrected chi connectivity index (χ1v) is 5.33. The van der Waals surface area contributed by atoms with Crippen LogP contribution in [-0.4, -0.2) is 6.18 Å². The van der Waals surface area contributed by atoms with Crippen molar-refractivity contribution in [3.63, 3.8) is 0 Å². The number of rotatable bonds is 3. The van der Waals surface area contributed by atoms with Gasteiger partial charge in [-0.15, -0.1) is 0 Å². The number of aryl methyl sites for hydroxylation is 2. The minimum atomic E-state index is -4.47. The predicted molar refractivity (Wildman–Crippen MR) is 55.2 cm³/mol. The lowest BCUT2D eigenvalue weighted by atomic mass is 10.0. The van der Waals surface area contributed by atoms with Crippen molar-refractivity contribution in [2.24, 2.45) is 0 Å². The topological polar surface area (TPSA) is 0 Å². The third-order valence-electron chi connectivity index (χ3n) is 2.53. The SMILES string of the molecule is Cc1ccc(CCCC(F)(F)F)cc1C(F)(F)F. The number of alkyl halides is 6. The largest absolute Gasteiger partial charge is 0.416 e. The summed E-state index contributed by atoms with van der Waals surface area (Å²) in [5, 5.41) is 0. The second-order valence-corrected chi connectivity index (χ2v) is 4.12. The standard InChI is InChI=1S/C12H12F6/c1-8-4-5-9(3-2-6-11(13,14)15)7-10(8)12(16,17)18/h4-5,7H,2-3,6H2,1H3. The van der Waals surface area contributed by atoms with Crippen LogP contribution in [0.5, 0.6) is 0 Å². The molecular weight excluding hydrogens is 258 g/mol. The fourth-order valence-electron chi connectivity index (χ4n) is 1.62. The molecule has 0 aliphatic heterocycles. The van der Waals surface area contributed by atoms with Gasteiger partial charge >= 0.3 is 12.4 Å². The van der Waals surface area contributed by atoms with Crippen LogP contribution >= 0.6 is 0 Å². The van der Waals surface area contributed by atoms with Gasteiger partial charge in [-0.2, -0.15) is 26.3 Å². The molecule has 0 atom stereocenters. The summed E-state index contributed by atoms with van der Waals surface area (Å²) >= 11 is 0. The van der Waals surface area contributed by atoms with Crippen molar-refractivity contribution in [1.29, 1.82) is 0 Å². The van der Waals surface area contributed by atoms with E-state index in [0.29, 0.717) is 0 Å². The minimum Gasteiger partial charge on any atom is -0.171 e.